The van der Waals surface area contributed by atoms with E-state index in [1.807, 2.05) is 0 Å². The van der Waals surface area contributed by atoms with E-state index < -0.39 is 8.07 Å². The molecule has 2 rings (SSSR count). The zero-order valence-corrected chi connectivity index (χ0v) is 12.2. The van der Waals surface area contributed by atoms with Crippen molar-refractivity contribution in [2.75, 3.05) is 0 Å². The van der Waals surface area contributed by atoms with E-state index in [0.717, 1.165) is 0 Å². The van der Waals surface area contributed by atoms with Crippen LogP contribution in [0.4, 0.5) is 0 Å². The average Bonchev–Trinajstić information content (AvgIpc) is 2.38. The number of fused-ring (bicyclic) bond motifs is 1. The van der Waals surface area contributed by atoms with E-state index in [-0.39, 0.29) is 0 Å². The van der Waals surface area contributed by atoms with Crippen LogP contribution in [0.3, 0.4) is 0 Å². The second-order valence-electron chi connectivity index (χ2n) is 4.78. The third-order valence-corrected chi connectivity index (χ3v) is 10.4. The summed E-state index contributed by atoms with van der Waals surface area (Å²) >= 11 is 0.532. The van der Waals surface area contributed by atoms with Gasteiger partial charge < -0.3 is 0 Å². The Kier molecular flexibility index (Phi) is 3.01. The topological polar surface area (TPSA) is 0 Å². The zero-order chi connectivity index (χ0) is 10.9. The molecule has 0 atom stereocenters. The van der Waals surface area contributed by atoms with Crippen molar-refractivity contribution < 1.29 is 0 Å². The fourth-order valence-corrected chi connectivity index (χ4v) is 6.55. The van der Waals surface area contributed by atoms with Gasteiger partial charge in [-0.2, -0.15) is 0 Å². The Hall–Kier alpha value is -0.564. The molecule has 1 aromatic carbocycles. The Morgan fingerprint density at radius 1 is 1.07 bits per heavy atom. The maximum atomic E-state index is 2.43. The molecule has 0 radical (unpaired) electrons. The SMILES string of the molecule is C[Si](C)(C)C1=CC=Cc2ccccc2[Se]1. The van der Waals surface area contributed by atoms with Crippen molar-refractivity contribution in [3.05, 3.63) is 46.1 Å². The molecule has 0 aromatic heterocycles. The molecular formula is C13H16SeSi. The first kappa shape index (κ1) is 10.9. The molecule has 1 aliphatic rings. The van der Waals surface area contributed by atoms with E-state index in [9.17, 15) is 0 Å². The second-order valence-corrected chi connectivity index (χ2v) is 12.9. The fraction of sp³-hybridized carbons (Fsp3) is 0.231. The van der Waals surface area contributed by atoms with Crippen LogP contribution in [-0.4, -0.2) is 23.0 Å². The molecule has 1 aromatic rings. The maximum absolute atomic E-state index is 2.43. The molecule has 78 valence electrons. The standard InChI is InChI=1S/C13H16SeSi/c1-15(2,3)13-10-6-8-11-7-4-5-9-12(11)14-13/h4-10H,1-3H3. The molecule has 0 nitrogen and oxygen atoms in total. The van der Waals surface area contributed by atoms with E-state index in [4.69, 9.17) is 0 Å². The summed E-state index contributed by atoms with van der Waals surface area (Å²) in [6.07, 6.45) is 6.82. The fourth-order valence-electron chi connectivity index (χ4n) is 1.51. The van der Waals surface area contributed by atoms with Gasteiger partial charge in [0.15, 0.2) is 0 Å². The zero-order valence-electron chi connectivity index (χ0n) is 9.45. The minimum absolute atomic E-state index is 0.532. The van der Waals surface area contributed by atoms with Crippen LogP contribution in [0.2, 0.25) is 19.6 Å². The van der Waals surface area contributed by atoms with Crippen LogP contribution in [0.15, 0.2) is 40.5 Å². The van der Waals surface area contributed by atoms with Crippen molar-refractivity contribution in [3.8, 4) is 0 Å². The summed E-state index contributed by atoms with van der Waals surface area (Å²) in [5, 5.41) is 0. The summed E-state index contributed by atoms with van der Waals surface area (Å²) in [7, 11) is -1.12. The van der Waals surface area contributed by atoms with Crippen LogP contribution in [0.5, 0.6) is 0 Å². The van der Waals surface area contributed by atoms with Crippen molar-refractivity contribution in [1.29, 1.82) is 0 Å². The van der Waals surface area contributed by atoms with E-state index in [2.05, 4.69) is 62.1 Å². The molecule has 0 aliphatic carbocycles. The molecule has 0 saturated heterocycles. The Bertz CT molecular complexity index is 424. The Morgan fingerprint density at radius 2 is 1.80 bits per heavy atom. The molecule has 2 heteroatoms. The van der Waals surface area contributed by atoms with Gasteiger partial charge in [-0.15, -0.1) is 0 Å². The Labute approximate surface area is 99.3 Å². The van der Waals surface area contributed by atoms with E-state index in [0.29, 0.717) is 15.0 Å². The van der Waals surface area contributed by atoms with E-state index >= 15 is 0 Å². The molecule has 0 fully saturated rings. The number of rotatable bonds is 1. The van der Waals surface area contributed by atoms with Crippen LogP contribution in [0.1, 0.15) is 5.56 Å². The number of benzene rings is 1. The summed E-state index contributed by atoms with van der Waals surface area (Å²) in [4.78, 5) is 0. The van der Waals surface area contributed by atoms with Crippen LogP contribution < -0.4 is 4.46 Å². The first-order chi connectivity index (χ1) is 7.07. The molecule has 1 heterocycles. The number of allylic oxidation sites excluding steroid dienone is 2. The van der Waals surface area contributed by atoms with Crippen molar-refractivity contribution in [1.82, 2.24) is 0 Å². The van der Waals surface area contributed by atoms with Crippen LogP contribution >= 0.6 is 0 Å². The first-order valence-electron chi connectivity index (χ1n) is 5.23. The van der Waals surface area contributed by atoms with Crippen molar-refractivity contribution >= 4 is 33.6 Å². The van der Waals surface area contributed by atoms with E-state index in [1.54, 1.807) is 4.09 Å². The van der Waals surface area contributed by atoms with Crippen molar-refractivity contribution in [3.63, 3.8) is 0 Å². The molecule has 1 aliphatic heterocycles. The molecule has 15 heavy (non-hydrogen) atoms. The van der Waals surface area contributed by atoms with Gasteiger partial charge in [-0.1, -0.05) is 0 Å². The summed E-state index contributed by atoms with van der Waals surface area (Å²) < 4.78 is 3.24. The van der Waals surface area contributed by atoms with Crippen molar-refractivity contribution in [2.45, 2.75) is 19.6 Å². The third-order valence-electron chi connectivity index (χ3n) is 2.40. The van der Waals surface area contributed by atoms with Gasteiger partial charge >= 0.3 is 99.3 Å². The van der Waals surface area contributed by atoms with Crippen LogP contribution in [0, 0.1) is 0 Å². The predicted molar refractivity (Wildman–Crippen MR) is 72.3 cm³/mol. The van der Waals surface area contributed by atoms with E-state index in [1.165, 1.54) is 10.0 Å². The molecule has 0 amide bonds. The van der Waals surface area contributed by atoms with Gasteiger partial charge in [0.1, 0.15) is 0 Å². The molecule has 0 spiro atoms. The Morgan fingerprint density at radius 3 is 2.53 bits per heavy atom. The van der Waals surface area contributed by atoms with Gasteiger partial charge in [0.2, 0.25) is 0 Å². The molecule has 0 N–H and O–H groups in total. The predicted octanol–water partition coefficient (Wildman–Crippen LogP) is 2.80. The summed E-state index contributed by atoms with van der Waals surface area (Å²) in [6, 6.07) is 8.77. The average molecular weight is 279 g/mol. The summed E-state index contributed by atoms with van der Waals surface area (Å²) in [5.41, 5.74) is 1.40. The monoisotopic (exact) mass is 280 g/mol. The summed E-state index contributed by atoms with van der Waals surface area (Å²) in [6.45, 7) is 7.30. The van der Waals surface area contributed by atoms with Gasteiger partial charge in [-0.25, -0.2) is 0 Å². The van der Waals surface area contributed by atoms with Crippen LogP contribution in [-0.2, 0) is 0 Å². The molecular weight excluding hydrogens is 263 g/mol. The van der Waals surface area contributed by atoms with Gasteiger partial charge in [0.05, 0.1) is 0 Å². The summed E-state index contributed by atoms with van der Waals surface area (Å²) in [5.74, 6) is 0. The van der Waals surface area contributed by atoms with Gasteiger partial charge in [-0.05, 0) is 0 Å². The minimum atomic E-state index is -1.12. The quantitative estimate of drug-likeness (QED) is 0.693. The second kappa shape index (κ2) is 4.13. The normalized spacial score (nSPS) is 15.5. The Balaban J connectivity index is 2.40. The number of hydrogen-bond donors (Lipinski definition) is 0. The molecule has 0 unspecified atom stereocenters. The van der Waals surface area contributed by atoms with Crippen molar-refractivity contribution in [2.24, 2.45) is 0 Å². The first-order valence-corrected chi connectivity index (χ1v) is 10.4. The third kappa shape index (κ3) is 2.51. The molecule has 0 bridgehead atoms. The van der Waals surface area contributed by atoms with Gasteiger partial charge in [0.25, 0.3) is 0 Å². The van der Waals surface area contributed by atoms with Gasteiger partial charge in [-0.3, -0.25) is 0 Å². The van der Waals surface area contributed by atoms with Crippen LogP contribution in [0.25, 0.3) is 6.08 Å². The van der Waals surface area contributed by atoms with Gasteiger partial charge in [0, 0.05) is 0 Å². The molecule has 0 saturated carbocycles. The number of hydrogen-bond acceptors (Lipinski definition) is 0.